The van der Waals surface area contributed by atoms with E-state index in [1.165, 1.54) is 25.1 Å². The van der Waals surface area contributed by atoms with Crippen LogP contribution in [0.5, 0.6) is 0 Å². The molecule has 1 aromatic carbocycles. The summed E-state index contributed by atoms with van der Waals surface area (Å²) >= 11 is 0. The van der Waals surface area contributed by atoms with Crippen LogP contribution in [0, 0.1) is 17.1 Å². The SMILES string of the molecule is CC(=O)c1cccc(C#N)c1F. The first-order valence-electron chi connectivity index (χ1n) is 3.36. The van der Waals surface area contributed by atoms with Crippen molar-refractivity contribution in [3.05, 3.63) is 35.1 Å². The van der Waals surface area contributed by atoms with E-state index in [9.17, 15) is 9.18 Å². The third-order valence-electron chi connectivity index (χ3n) is 1.50. The third kappa shape index (κ3) is 1.32. The summed E-state index contributed by atoms with van der Waals surface area (Å²) in [4.78, 5) is 10.8. The number of carbonyl (C=O) groups is 1. The number of hydrogen-bond acceptors (Lipinski definition) is 2. The second-order valence-electron chi connectivity index (χ2n) is 2.34. The normalized spacial score (nSPS) is 9.08. The Morgan fingerprint density at radius 1 is 1.58 bits per heavy atom. The topological polar surface area (TPSA) is 40.9 Å². The zero-order valence-corrected chi connectivity index (χ0v) is 6.47. The second-order valence-corrected chi connectivity index (χ2v) is 2.34. The van der Waals surface area contributed by atoms with Gasteiger partial charge in [-0.25, -0.2) is 4.39 Å². The van der Waals surface area contributed by atoms with Crippen molar-refractivity contribution in [2.75, 3.05) is 0 Å². The highest BCUT2D eigenvalue weighted by molar-refractivity contribution is 5.94. The van der Waals surface area contributed by atoms with Crippen LogP contribution in [0.4, 0.5) is 4.39 Å². The van der Waals surface area contributed by atoms with Crippen molar-refractivity contribution < 1.29 is 9.18 Å². The van der Waals surface area contributed by atoms with Gasteiger partial charge in [0.2, 0.25) is 0 Å². The smallest absolute Gasteiger partial charge is 0.162 e. The Labute approximate surface area is 69.2 Å². The summed E-state index contributed by atoms with van der Waals surface area (Å²) < 4.78 is 13.1. The quantitative estimate of drug-likeness (QED) is 0.593. The number of halogens is 1. The van der Waals surface area contributed by atoms with Gasteiger partial charge in [0.15, 0.2) is 11.6 Å². The zero-order valence-electron chi connectivity index (χ0n) is 6.47. The summed E-state index contributed by atoms with van der Waals surface area (Å²) in [5.41, 5.74) is -0.128. The van der Waals surface area contributed by atoms with E-state index >= 15 is 0 Å². The molecule has 60 valence electrons. The maximum Gasteiger partial charge on any atom is 0.162 e. The molecule has 1 aromatic rings. The van der Waals surface area contributed by atoms with Crippen LogP contribution in [0.25, 0.3) is 0 Å². The summed E-state index contributed by atoms with van der Waals surface area (Å²) in [6, 6.07) is 5.84. The molecule has 0 atom stereocenters. The second kappa shape index (κ2) is 3.14. The Bertz CT molecular complexity index is 365. The Hall–Kier alpha value is -1.69. The van der Waals surface area contributed by atoms with E-state index < -0.39 is 5.82 Å². The highest BCUT2D eigenvalue weighted by atomic mass is 19.1. The maximum atomic E-state index is 13.1. The number of nitriles is 1. The van der Waals surface area contributed by atoms with Gasteiger partial charge in [-0.05, 0) is 19.1 Å². The van der Waals surface area contributed by atoms with Gasteiger partial charge in [-0.3, -0.25) is 4.79 Å². The molecule has 0 unspecified atom stereocenters. The largest absolute Gasteiger partial charge is 0.294 e. The number of carbonyl (C=O) groups excluding carboxylic acids is 1. The monoisotopic (exact) mass is 163 g/mol. The summed E-state index contributed by atoms with van der Waals surface area (Å²) in [6.07, 6.45) is 0. The summed E-state index contributed by atoms with van der Waals surface area (Å²) in [5.74, 6) is -1.10. The zero-order chi connectivity index (χ0) is 9.14. The number of hydrogen-bond donors (Lipinski definition) is 0. The van der Waals surface area contributed by atoms with Crippen molar-refractivity contribution in [1.29, 1.82) is 5.26 Å². The van der Waals surface area contributed by atoms with Crippen LogP contribution in [0.3, 0.4) is 0 Å². The lowest BCUT2D eigenvalue weighted by Gasteiger charge is -1.97. The third-order valence-corrected chi connectivity index (χ3v) is 1.50. The predicted molar refractivity (Wildman–Crippen MR) is 41.1 cm³/mol. The van der Waals surface area contributed by atoms with E-state index in [4.69, 9.17) is 5.26 Å². The van der Waals surface area contributed by atoms with E-state index in [0.29, 0.717) is 0 Å². The van der Waals surface area contributed by atoms with Gasteiger partial charge in [0.25, 0.3) is 0 Å². The Morgan fingerprint density at radius 3 is 2.75 bits per heavy atom. The summed E-state index contributed by atoms with van der Waals surface area (Å²) in [7, 11) is 0. The molecule has 0 aromatic heterocycles. The van der Waals surface area contributed by atoms with Gasteiger partial charge in [0.05, 0.1) is 11.1 Å². The van der Waals surface area contributed by atoms with Crippen LogP contribution in [-0.2, 0) is 0 Å². The maximum absolute atomic E-state index is 13.1. The molecule has 0 N–H and O–H groups in total. The average molecular weight is 163 g/mol. The lowest BCUT2D eigenvalue weighted by atomic mass is 10.1. The minimum Gasteiger partial charge on any atom is -0.294 e. The van der Waals surface area contributed by atoms with Gasteiger partial charge in [0, 0.05) is 0 Å². The lowest BCUT2D eigenvalue weighted by Crippen LogP contribution is -1.98. The summed E-state index contributed by atoms with van der Waals surface area (Å²) in [5, 5.41) is 8.42. The molecule has 0 amide bonds. The molecule has 3 heteroatoms. The Balaban J connectivity index is 3.35. The molecule has 0 fully saturated rings. The van der Waals surface area contributed by atoms with Gasteiger partial charge in [0.1, 0.15) is 6.07 Å². The van der Waals surface area contributed by atoms with Crippen molar-refractivity contribution >= 4 is 5.78 Å². The number of benzene rings is 1. The van der Waals surface area contributed by atoms with Crippen molar-refractivity contribution in [2.45, 2.75) is 6.92 Å². The standard InChI is InChI=1S/C9H6FNO/c1-6(12)8-4-2-3-7(5-11)9(8)10/h2-4H,1H3. The van der Waals surface area contributed by atoms with Crippen LogP contribution in [0.2, 0.25) is 0 Å². The molecule has 0 saturated carbocycles. The van der Waals surface area contributed by atoms with Gasteiger partial charge >= 0.3 is 0 Å². The first-order chi connectivity index (χ1) is 5.66. The van der Waals surface area contributed by atoms with Gasteiger partial charge in [-0.2, -0.15) is 5.26 Å². The van der Waals surface area contributed by atoms with Gasteiger partial charge in [-0.15, -0.1) is 0 Å². The lowest BCUT2D eigenvalue weighted by molar-refractivity contribution is 0.101. The summed E-state index contributed by atoms with van der Waals surface area (Å²) in [6.45, 7) is 1.26. The van der Waals surface area contributed by atoms with E-state index in [2.05, 4.69) is 0 Å². The fourth-order valence-corrected chi connectivity index (χ4v) is 0.890. The van der Waals surface area contributed by atoms with Crippen molar-refractivity contribution in [3.8, 4) is 6.07 Å². The van der Waals surface area contributed by atoms with E-state index in [1.807, 2.05) is 0 Å². The van der Waals surface area contributed by atoms with Crippen molar-refractivity contribution in [3.63, 3.8) is 0 Å². The molecule has 1 rings (SSSR count). The minimum atomic E-state index is -0.729. The van der Waals surface area contributed by atoms with Crippen LogP contribution >= 0.6 is 0 Å². The highest BCUT2D eigenvalue weighted by Gasteiger charge is 2.09. The van der Waals surface area contributed by atoms with E-state index in [1.54, 1.807) is 6.07 Å². The molecule has 0 heterocycles. The molecule has 0 spiro atoms. The molecule has 0 aliphatic rings. The molecule has 2 nitrogen and oxygen atoms in total. The molecule has 0 bridgehead atoms. The predicted octanol–water partition coefficient (Wildman–Crippen LogP) is 1.90. The number of ketones is 1. The molecule has 0 saturated heterocycles. The van der Waals surface area contributed by atoms with Crippen molar-refractivity contribution in [2.24, 2.45) is 0 Å². The van der Waals surface area contributed by atoms with Crippen LogP contribution < -0.4 is 0 Å². The molecular formula is C9H6FNO. The number of Topliss-reactive ketones (excluding diaryl/α,β-unsaturated/α-hetero) is 1. The van der Waals surface area contributed by atoms with E-state index in [-0.39, 0.29) is 16.9 Å². The fraction of sp³-hybridized carbons (Fsp3) is 0.111. The molecule has 0 radical (unpaired) electrons. The molecule has 0 aliphatic heterocycles. The van der Waals surface area contributed by atoms with Gasteiger partial charge < -0.3 is 0 Å². The first kappa shape index (κ1) is 8.41. The van der Waals surface area contributed by atoms with Crippen LogP contribution in [0.15, 0.2) is 18.2 Å². The minimum absolute atomic E-state index is 0.0333. The number of rotatable bonds is 1. The van der Waals surface area contributed by atoms with Gasteiger partial charge in [-0.1, -0.05) is 6.07 Å². The van der Waals surface area contributed by atoms with Crippen LogP contribution in [0.1, 0.15) is 22.8 Å². The Morgan fingerprint density at radius 2 is 2.25 bits per heavy atom. The molecular weight excluding hydrogens is 157 g/mol. The number of nitrogens with zero attached hydrogens (tertiary/aromatic N) is 1. The first-order valence-corrected chi connectivity index (χ1v) is 3.36. The van der Waals surface area contributed by atoms with Crippen LogP contribution in [-0.4, -0.2) is 5.78 Å². The van der Waals surface area contributed by atoms with Crippen molar-refractivity contribution in [1.82, 2.24) is 0 Å². The molecule has 12 heavy (non-hydrogen) atoms. The molecule has 0 aliphatic carbocycles. The fourth-order valence-electron chi connectivity index (χ4n) is 0.890. The average Bonchev–Trinajstić information content (AvgIpc) is 2.04. The highest BCUT2D eigenvalue weighted by Crippen LogP contribution is 2.11. The Kier molecular flexibility index (Phi) is 2.20. The van der Waals surface area contributed by atoms with E-state index in [0.717, 1.165) is 0 Å².